The molecule has 0 aromatic heterocycles. The summed E-state index contributed by atoms with van der Waals surface area (Å²) in [7, 11) is 0. The SMILES string of the molecule is O=C(CSCc1ccccc1)NCC1CCN(Cc2ccccc2)CC1. The van der Waals surface area contributed by atoms with Crippen LogP contribution in [0.4, 0.5) is 0 Å². The van der Waals surface area contributed by atoms with Crippen LogP contribution in [-0.4, -0.2) is 36.2 Å². The summed E-state index contributed by atoms with van der Waals surface area (Å²) in [5, 5.41) is 3.12. The van der Waals surface area contributed by atoms with Gasteiger partial charge in [0.25, 0.3) is 0 Å². The number of piperidine rings is 1. The smallest absolute Gasteiger partial charge is 0.230 e. The molecule has 1 aliphatic heterocycles. The lowest BCUT2D eigenvalue weighted by atomic mass is 9.96. The summed E-state index contributed by atoms with van der Waals surface area (Å²) in [5.74, 6) is 2.22. The normalized spacial score (nSPS) is 15.7. The second-order valence-electron chi connectivity index (χ2n) is 6.99. The quantitative estimate of drug-likeness (QED) is 0.766. The molecule has 3 nitrogen and oxygen atoms in total. The minimum absolute atomic E-state index is 0.164. The Balaban J connectivity index is 1.28. The molecule has 4 heteroatoms. The minimum atomic E-state index is 0.164. The Kier molecular flexibility index (Phi) is 7.59. The van der Waals surface area contributed by atoms with E-state index in [1.807, 2.05) is 18.2 Å². The molecule has 1 amide bonds. The van der Waals surface area contributed by atoms with Crippen molar-refractivity contribution in [2.24, 2.45) is 5.92 Å². The van der Waals surface area contributed by atoms with Crippen LogP contribution in [0.5, 0.6) is 0 Å². The van der Waals surface area contributed by atoms with Crippen LogP contribution in [-0.2, 0) is 17.1 Å². The second-order valence-corrected chi connectivity index (χ2v) is 7.97. The summed E-state index contributed by atoms with van der Waals surface area (Å²) in [6.07, 6.45) is 2.34. The Labute approximate surface area is 161 Å². The highest BCUT2D eigenvalue weighted by Gasteiger charge is 2.19. The van der Waals surface area contributed by atoms with Gasteiger partial charge in [0.1, 0.15) is 0 Å². The molecule has 1 aliphatic rings. The van der Waals surface area contributed by atoms with E-state index in [1.54, 1.807) is 11.8 Å². The van der Waals surface area contributed by atoms with Crippen LogP contribution in [0, 0.1) is 5.92 Å². The van der Waals surface area contributed by atoms with Gasteiger partial charge in [0.2, 0.25) is 5.91 Å². The highest BCUT2D eigenvalue weighted by molar-refractivity contribution is 7.99. The molecule has 2 aromatic carbocycles. The lowest BCUT2D eigenvalue weighted by Crippen LogP contribution is -2.38. The number of likely N-dealkylation sites (tertiary alicyclic amines) is 1. The van der Waals surface area contributed by atoms with E-state index >= 15 is 0 Å². The van der Waals surface area contributed by atoms with E-state index in [1.165, 1.54) is 24.0 Å². The second kappa shape index (κ2) is 10.4. The van der Waals surface area contributed by atoms with Gasteiger partial charge in [-0.1, -0.05) is 60.7 Å². The first-order valence-corrected chi connectivity index (χ1v) is 10.6. The molecule has 1 fully saturated rings. The Morgan fingerprint density at radius 2 is 1.58 bits per heavy atom. The van der Waals surface area contributed by atoms with Gasteiger partial charge in [-0.25, -0.2) is 0 Å². The fourth-order valence-corrected chi connectivity index (χ4v) is 4.15. The summed E-state index contributed by atoms with van der Waals surface area (Å²) >= 11 is 1.68. The molecule has 1 N–H and O–H groups in total. The van der Waals surface area contributed by atoms with Crippen molar-refractivity contribution in [1.82, 2.24) is 10.2 Å². The van der Waals surface area contributed by atoms with Crippen LogP contribution in [0.15, 0.2) is 60.7 Å². The van der Waals surface area contributed by atoms with E-state index in [4.69, 9.17) is 0 Å². The van der Waals surface area contributed by atoms with E-state index in [-0.39, 0.29) is 5.91 Å². The fourth-order valence-electron chi connectivity index (χ4n) is 3.34. The number of nitrogens with one attached hydrogen (secondary N) is 1. The van der Waals surface area contributed by atoms with Crippen LogP contribution >= 0.6 is 11.8 Å². The number of hydrogen-bond donors (Lipinski definition) is 1. The van der Waals surface area contributed by atoms with Gasteiger partial charge in [-0.05, 0) is 43.0 Å². The van der Waals surface area contributed by atoms with Crippen molar-refractivity contribution in [3.8, 4) is 0 Å². The van der Waals surface area contributed by atoms with Gasteiger partial charge < -0.3 is 5.32 Å². The molecule has 0 aliphatic carbocycles. The zero-order valence-electron chi connectivity index (χ0n) is 15.3. The van der Waals surface area contributed by atoms with E-state index in [0.29, 0.717) is 11.7 Å². The molecule has 0 bridgehead atoms. The van der Waals surface area contributed by atoms with Gasteiger partial charge in [0.15, 0.2) is 0 Å². The van der Waals surface area contributed by atoms with Gasteiger partial charge in [-0.15, -0.1) is 11.8 Å². The molecule has 1 heterocycles. The minimum Gasteiger partial charge on any atom is -0.355 e. The predicted molar refractivity (Wildman–Crippen MR) is 110 cm³/mol. The summed E-state index contributed by atoms with van der Waals surface area (Å²) in [5.41, 5.74) is 2.66. The number of rotatable bonds is 8. The highest BCUT2D eigenvalue weighted by Crippen LogP contribution is 2.18. The highest BCUT2D eigenvalue weighted by atomic mass is 32.2. The molecular formula is C22H28N2OS. The zero-order chi connectivity index (χ0) is 18.0. The molecule has 3 rings (SSSR count). The van der Waals surface area contributed by atoms with Gasteiger partial charge in [0, 0.05) is 18.8 Å². The van der Waals surface area contributed by atoms with Gasteiger partial charge in [-0.2, -0.15) is 0 Å². The number of benzene rings is 2. The average Bonchev–Trinajstić information content (AvgIpc) is 2.69. The molecule has 0 unspecified atom stereocenters. The Bertz CT molecular complexity index is 654. The number of carbonyl (C=O) groups is 1. The number of thioether (sulfide) groups is 1. The van der Waals surface area contributed by atoms with Crippen molar-refractivity contribution in [3.63, 3.8) is 0 Å². The maximum absolute atomic E-state index is 12.0. The van der Waals surface area contributed by atoms with Crippen LogP contribution < -0.4 is 5.32 Å². The van der Waals surface area contributed by atoms with E-state index in [0.717, 1.165) is 31.9 Å². The van der Waals surface area contributed by atoms with Crippen LogP contribution in [0.2, 0.25) is 0 Å². The summed E-state index contributed by atoms with van der Waals surface area (Å²) in [6, 6.07) is 21.0. The lowest BCUT2D eigenvalue weighted by molar-refractivity contribution is -0.118. The van der Waals surface area contributed by atoms with Crippen molar-refractivity contribution >= 4 is 17.7 Å². The zero-order valence-corrected chi connectivity index (χ0v) is 16.1. The summed E-state index contributed by atoms with van der Waals surface area (Å²) in [6.45, 7) is 4.11. The van der Waals surface area contributed by atoms with Crippen molar-refractivity contribution in [3.05, 3.63) is 71.8 Å². The number of nitrogens with zero attached hydrogens (tertiary/aromatic N) is 1. The standard InChI is InChI=1S/C22H28N2OS/c25-22(18-26-17-21-9-5-2-6-10-21)23-15-19-11-13-24(14-12-19)16-20-7-3-1-4-8-20/h1-10,19H,11-18H2,(H,23,25). The Morgan fingerprint density at radius 3 is 2.23 bits per heavy atom. The van der Waals surface area contributed by atoms with Crippen LogP contribution in [0.3, 0.4) is 0 Å². The first-order chi connectivity index (χ1) is 12.8. The van der Waals surface area contributed by atoms with Gasteiger partial charge >= 0.3 is 0 Å². The van der Waals surface area contributed by atoms with Crippen molar-refractivity contribution in [2.45, 2.75) is 25.1 Å². The first-order valence-electron chi connectivity index (χ1n) is 9.44. The van der Waals surface area contributed by atoms with E-state index in [2.05, 4.69) is 52.7 Å². The Hall–Kier alpha value is -1.78. The molecular weight excluding hydrogens is 340 g/mol. The summed E-state index contributed by atoms with van der Waals surface area (Å²) < 4.78 is 0. The van der Waals surface area contributed by atoms with Crippen molar-refractivity contribution in [1.29, 1.82) is 0 Å². The monoisotopic (exact) mass is 368 g/mol. The molecule has 0 spiro atoms. The maximum atomic E-state index is 12.0. The summed E-state index contributed by atoms with van der Waals surface area (Å²) in [4.78, 5) is 14.6. The number of hydrogen-bond acceptors (Lipinski definition) is 3. The maximum Gasteiger partial charge on any atom is 0.230 e. The number of amides is 1. The fraction of sp³-hybridized carbons (Fsp3) is 0.409. The van der Waals surface area contributed by atoms with E-state index < -0.39 is 0 Å². The molecule has 1 saturated heterocycles. The average molecular weight is 369 g/mol. The third-order valence-corrected chi connectivity index (χ3v) is 5.89. The third kappa shape index (κ3) is 6.50. The van der Waals surface area contributed by atoms with Crippen molar-refractivity contribution in [2.75, 3.05) is 25.4 Å². The molecule has 0 radical (unpaired) electrons. The van der Waals surface area contributed by atoms with Crippen molar-refractivity contribution < 1.29 is 4.79 Å². The molecule has 0 saturated carbocycles. The molecule has 138 valence electrons. The van der Waals surface area contributed by atoms with Crippen LogP contribution in [0.25, 0.3) is 0 Å². The third-order valence-electron chi connectivity index (χ3n) is 4.89. The first kappa shape index (κ1) is 19.0. The lowest BCUT2D eigenvalue weighted by Gasteiger charge is -2.32. The largest absolute Gasteiger partial charge is 0.355 e. The van der Waals surface area contributed by atoms with E-state index in [9.17, 15) is 4.79 Å². The van der Waals surface area contributed by atoms with Crippen LogP contribution in [0.1, 0.15) is 24.0 Å². The molecule has 2 aromatic rings. The van der Waals surface area contributed by atoms with Gasteiger partial charge in [-0.3, -0.25) is 9.69 Å². The Morgan fingerprint density at radius 1 is 0.962 bits per heavy atom. The topological polar surface area (TPSA) is 32.3 Å². The molecule has 0 atom stereocenters. The predicted octanol–water partition coefficient (Wildman–Crippen LogP) is 3.95. The molecule has 26 heavy (non-hydrogen) atoms. The number of carbonyl (C=O) groups excluding carboxylic acids is 1. The van der Waals surface area contributed by atoms with Gasteiger partial charge in [0.05, 0.1) is 5.75 Å².